The van der Waals surface area contributed by atoms with Crippen LogP contribution in [-0.4, -0.2) is 42.0 Å². The molecule has 0 spiro atoms. The first kappa shape index (κ1) is 13.4. The highest BCUT2D eigenvalue weighted by atomic mass is 35.5. The van der Waals surface area contributed by atoms with Gasteiger partial charge in [-0.05, 0) is 31.4 Å². The average molecular weight is 270 g/mol. The topological polar surface area (TPSA) is 48.1 Å². The van der Waals surface area contributed by atoms with Crippen molar-refractivity contribution in [1.29, 1.82) is 0 Å². The second-order valence-electron chi connectivity index (χ2n) is 5.04. The number of piperidine rings is 1. The van der Waals surface area contributed by atoms with Crippen molar-refractivity contribution >= 4 is 17.5 Å². The van der Waals surface area contributed by atoms with Gasteiger partial charge in [0.15, 0.2) is 0 Å². The van der Waals surface area contributed by atoms with Gasteiger partial charge in [0, 0.05) is 25.8 Å². The van der Waals surface area contributed by atoms with Crippen LogP contribution in [-0.2, 0) is 0 Å². The number of aromatic nitrogens is 1. The molecule has 2 heterocycles. The second-order valence-corrected chi connectivity index (χ2v) is 5.47. The van der Waals surface area contributed by atoms with E-state index in [1.165, 1.54) is 12.8 Å². The van der Waals surface area contributed by atoms with Crippen LogP contribution < -0.4 is 5.32 Å². The number of hydrogen-bond acceptors (Lipinski definition) is 2. The molecule has 0 bridgehead atoms. The Morgan fingerprint density at radius 2 is 2.50 bits per heavy atom. The summed E-state index contributed by atoms with van der Waals surface area (Å²) in [7, 11) is 0. The predicted molar refractivity (Wildman–Crippen MR) is 73.0 cm³/mol. The Morgan fingerprint density at radius 1 is 1.67 bits per heavy atom. The highest BCUT2D eigenvalue weighted by molar-refractivity contribution is 6.30. The SMILES string of the molecule is C[C@@H]1CCCN(CCNC(=O)c2cc(Cl)c[nH]2)C1. The fourth-order valence-corrected chi connectivity index (χ4v) is 2.58. The van der Waals surface area contributed by atoms with Crippen LogP contribution in [0.3, 0.4) is 0 Å². The molecule has 1 fully saturated rings. The molecular formula is C13H20ClN3O. The summed E-state index contributed by atoms with van der Waals surface area (Å²) in [6.07, 6.45) is 4.20. The predicted octanol–water partition coefficient (Wildman–Crippen LogP) is 2.13. The van der Waals surface area contributed by atoms with Crippen LogP contribution >= 0.6 is 11.6 Å². The quantitative estimate of drug-likeness (QED) is 0.880. The van der Waals surface area contributed by atoms with Gasteiger partial charge in [-0.15, -0.1) is 0 Å². The number of carbonyl (C=O) groups is 1. The Balaban J connectivity index is 1.70. The van der Waals surface area contributed by atoms with Crippen molar-refractivity contribution in [3.05, 3.63) is 23.0 Å². The van der Waals surface area contributed by atoms with E-state index in [1.54, 1.807) is 12.3 Å². The zero-order valence-corrected chi connectivity index (χ0v) is 11.5. The minimum absolute atomic E-state index is 0.0908. The lowest BCUT2D eigenvalue weighted by molar-refractivity contribution is 0.0939. The van der Waals surface area contributed by atoms with Crippen molar-refractivity contribution in [3.63, 3.8) is 0 Å². The Labute approximate surface area is 113 Å². The maximum atomic E-state index is 11.7. The molecule has 18 heavy (non-hydrogen) atoms. The summed E-state index contributed by atoms with van der Waals surface area (Å²) in [5.74, 6) is 0.684. The first-order valence-electron chi connectivity index (χ1n) is 6.49. The van der Waals surface area contributed by atoms with Crippen LogP contribution in [0.4, 0.5) is 0 Å². The average Bonchev–Trinajstić information content (AvgIpc) is 2.76. The molecule has 1 aromatic rings. The fourth-order valence-electron chi connectivity index (χ4n) is 2.41. The zero-order chi connectivity index (χ0) is 13.0. The van der Waals surface area contributed by atoms with Crippen molar-refractivity contribution in [2.75, 3.05) is 26.2 Å². The molecule has 2 N–H and O–H groups in total. The molecule has 1 aliphatic heterocycles. The lowest BCUT2D eigenvalue weighted by atomic mass is 10.0. The van der Waals surface area contributed by atoms with Crippen molar-refractivity contribution in [2.45, 2.75) is 19.8 Å². The van der Waals surface area contributed by atoms with E-state index in [-0.39, 0.29) is 5.91 Å². The highest BCUT2D eigenvalue weighted by Crippen LogP contribution is 2.14. The normalized spacial score (nSPS) is 20.9. The minimum Gasteiger partial charge on any atom is -0.356 e. The van der Waals surface area contributed by atoms with Crippen LogP contribution in [0.25, 0.3) is 0 Å². The molecule has 1 aliphatic rings. The molecule has 100 valence electrons. The van der Waals surface area contributed by atoms with Crippen molar-refractivity contribution in [2.24, 2.45) is 5.92 Å². The summed E-state index contributed by atoms with van der Waals surface area (Å²) in [4.78, 5) is 17.0. The van der Waals surface area contributed by atoms with Crippen LogP contribution in [0.2, 0.25) is 5.02 Å². The number of likely N-dealkylation sites (tertiary alicyclic amines) is 1. The number of nitrogens with zero attached hydrogens (tertiary/aromatic N) is 1. The second kappa shape index (κ2) is 6.25. The molecule has 4 nitrogen and oxygen atoms in total. The summed E-state index contributed by atoms with van der Waals surface area (Å²) in [6, 6.07) is 1.64. The Hall–Kier alpha value is -1.00. The number of H-pyrrole nitrogens is 1. The van der Waals surface area contributed by atoms with E-state index in [9.17, 15) is 4.79 Å². The van der Waals surface area contributed by atoms with Crippen LogP contribution in [0, 0.1) is 5.92 Å². The molecular weight excluding hydrogens is 250 g/mol. The summed E-state index contributed by atoms with van der Waals surface area (Å²) in [6.45, 7) is 6.18. The molecule has 0 aromatic carbocycles. The molecule has 0 unspecified atom stereocenters. The summed E-state index contributed by atoms with van der Waals surface area (Å²) >= 11 is 5.76. The standard InChI is InChI=1S/C13H20ClN3O/c1-10-3-2-5-17(9-10)6-4-15-13(18)12-7-11(14)8-16-12/h7-8,10,16H,2-6,9H2,1H3,(H,15,18)/t10-/m1/s1. The van der Waals surface area contributed by atoms with Crippen LogP contribution in [0.15, 0.2) is 12.3 Å². The van der Waals surface area contributed by atoms with Gasteiger partial charge in [0.1, 0.15) is 5.69 Å². The Morgan fingerprint density at radius 3 is 3.17 bits per heavy atom. The van der Waals surface area contributed by atoms with Gasteiger partial charge in [-0.1, -0.05) is 18.5 Å². The number of nitrogens with one attached hydrogen (secondary N) is 2. The highest BCUT2D eigenvalue weighted by Gasteiger charge is 2.16. The van der Waals surface area contributed by atoms with E-state index in [0.717, 1.165) is 25.6 Å². The number of carbonyl (C=O) groups excluding carboxylic acids is 1. The summed E-state index contributed by atoms with van der Waals surface area (Å²) in [5.41, 5.74) is 0.520. The van der Waals surface area contributed by atoms with E-state index in [2.05, 4.69) is 22.1 Å². The van der Waals surface area contributed by atoms with Gasteiger partial charge in [0.05, 0.1) is 5.02 Å². The lowest BCUT2D eigenvalue weighted by Gasteiger charge is -2.30. The van der Waals surface area contributed by atoms with Gasteiger partial charge in [-0.3, -0.25) is 4.79 Å². The summed E-state index contributed by atoms with van der Waals surface area (Å²) < 4.78 is 0. The van der Waals surface area contributed by atoms with Gasteiger partial charge in [-0.2, -0.15) is 0 Å². The molecule has 0 radical (unpaired) electrons. The number of rotatable bonds is 4. The molecule has 1 aromatic heterocycles. The van der Waals surface area contributed by atoms with Crippen molar-refractivity contribution in [3.8, 4) is 0 Å². The maximum Gasteiger partial charge on any atom is 0.267 e. The number of amides is 1. The van der Waals surface area contributed by atoms with Crippen molar-refractivity contribution in [1.82, 2.24) is 15.2 Å². The monoisotopic (exact) mass is 269 g/mol. The van der Waals surface area contributed by atoms with Gasteiger partial charge < -0.3 is 15.2 Å². The molecule has 1 saturated heterocycles. The third kappa shape index (κ3) is 3.75. The molecule has 1 amide bonds. The summed E-state index contributed by atoms with van der Waals surface area (Å²) in [5, 5.41) is 3.46. The van der Waals surface area contributed by atoms with Gasteiger partial charge >= 0.3 is 0 Å². The fraction of sp³-hybridized carbons (Fsp3) is 0.615. The Kier molecular flexibility index (Phi) is 4.66. The Bertz CT molecular complexity index is 405. The van der Waals surface area contributed by atoms with Gasteiger partial charge in [-0.25, -0.2) is 0 Å². The van der Waals surface area contributed by atoms with Gasteiger partial charge in [0.2, 0.25) is 0 Å². The van der Waals surface area contributed by atoms with Crippen molar-refractivity contribution < 1.29 is 4.79 Å². The number of aromatic amines is 1. The van der Waals surface area contributed by atoms with E-state index in [0.29, 0.717) is 17.3 Å². The maximum absolute atomic E-state index is 11.7. The number of halogens is 1. The van der Waals surface area contributed by atoms with E-state index >= 15 is 0 Å². The van der Waals surface area contributed by atoms with Crippen LogP contribution in [0.5, 0.6) is 0 Å². The molecule has 1 atom stereocenters. The molecule has 2 rings (SSSR count). The smallest absolute Gasteiger partial charge is 0.267 e. The third-order valence-corrected chi connectivity index (χ3v) is 3.57. The first-order valence-corrected chi connectivity index (χ1v) is 6.87. The zero-order valence-electron chi connectivity index (χ0n) is 10.7. The number of hydrogen-bond donors (Lipinski definition) is 2. The van der Waals surface area contributed by atoms with E-state index in [4.69, 9.17) is 11.6 Å². The lowest BCUT2D eigenvalue weighted by Crippen LogP contribution is -2.40. The van der Waals surface area contributed by atoms with E-state index in [1.807, 2.05) is 0 Å². The third-order valence-electron chi connectivity index (χ3n) is 3.35. The first-order chi connectivity index (χ1) is 8.65. The van der Waals surface area contributed by atoms with E-state index < -0.39 is 0 Å². The largest absolute Gasteiger partial charge is 0.356 e. The minimum atomic E-state index is -0.0908. The molecule has 0 saturated carbocycles. The van der Waals surface area contributed by atoms with Crippen LogP contribution in [0.1, 0.15) is 30.3 Å². The molecule has 0 aliphatic carbocycles. The molecule has 5 heteroatoms. The van der Waals surface area contributed by atoms with Gasteiger partial charge in [0.25, 0.3) is 5.91 Å².